The van der Waals surface area contributed by atoms with Crippen LogP contribution in [0.2, 0.25) is 5.15 Å². The third-order valence-corrected chi connectivity index (χ3v) is 4.15. The topological polar surface area (TPSA) is 17.8 Å². The molecule has 21 heavy (non-hydrogen) atoms. The van der Waals surface area contributed by atoms with E-state index in [1.807, 2.05) is 0 Å². The number of hydrogen-bond donors (Lipinski definition) is 0. The summed E-state index contributed by atoms with van der Waals surface area (Å²) in [5.74, 6) is 0.370. The Labute approximate surface area is 125 Å². The molecule has 2 nitrogen and oxygen atoms in total. The molecule has 1 fully saturated rings. The Morgan fingerprint density at radius 3 is 2.52 bits per heavy atom. The predicted octanol–water partition coefficient (Wildman–Crippen LogP) is 5.20. The zero-order valence-corrected chi connectivity index (χ0v) is 12.0. The van der Waals surface area contributed by atoms with Crippen LogP contribution in [0.25, 0.3) is 5.69 Å². The molecule has 0 radical (unpaired) electrons. The molecule has 0 unspecified atom stereocenters. The van der Waals surface area contributed by atoms with E-state index >= 15 is 0 Å². The van der Waals surface area contributed by atoms with Crippen molar-refractivity contribution in [3.8, 4) is 5.69 Å². The molecule has 3 rings (SSSR count). The number of benzene rings is 1. The van der Waals surface area contributed by atoms with Gasteiger partial charge in [-0.15, -0.1) is 0 Å². The minimum Gasteiger partial charge on any atom is -0.222 e. The number of nitrogens with zero attached hydrogens (tertiary/aromatic N) is 2. The second kappa shape index (κ2) is 5.37. The van der Waals surface area contributed by atoms with Crippen LogP contribution in [0.15, 0.2) is 30.3 Å². The summed E-state index contributed by atoms with van der Waals surface area (Å²) in [6, 6.07) is 6.81. The molecule has 0 spiro atoms. The van der Waals surface area contributed by atoms with Crippen molar-refractivity contribution in [1.82, 2.24) is 9.78 Å². The summed E-state index contributed by atoms with van der Waals surface area (Å²) in [5, 5.41) is 4.75. The number of rotatable bonds is 2. The molecule has 0 saturated heterocycles. The number of hydrogen-bond acceptors (Lipinski definition) is 1. The maximum absolute atomic E-state index is 12.8. The fourth-order valence-corrected chi connectivity index (χ4v) is 3.04. The van der Waals surface area contributed by atoms with E-state index in [2.05, 4.69) is 5.10 Å². The second-order valence-electron chi connectivity index (χ2n) is 5.33. The van der Waals surface area contributed by atoms with Gasteiger partial charge in [0.15, 0.2) is 0 Å². The van der Waals surface area contributed by atoms with Crippen molar-refractivity contribution >= 4 is 11.6 Å². The maximum atomic E-state index is 12.8. The van der Waals surface area contributed by atoms with Crippen molar-refractivity contribution in [2.45, 2.75) is 37.8 Å². The molecule has 1 aliphatic carbocycles. The first kappa shape index (κ1) is 14.4. The van der Waals surface area contributed by atoms with Crippen LogP contribution in [-0.4, -0.2) is 9.78 Å². The van der Waals surface area contributed by atoms with Gasteiger partial charge in [-0.3, -0.25) is 0 Å². The van der Waals surface area contributed by atoms with E-state index in [-0.39, 0.29) is 0 Å². The molecule has 0 atom stereocenters. The molecule has 0 N–H and O–H groups in total. The molecule has 1 aliphatic rings. The fraction of sp³-hybridized carbons (Fsp3) is 0.400. The molecule has 0 bridgehead atoms. The fourth-order valence-electron chi connectivity index (χ4n) is 2.79. The lowest BCUT2D eigenvalue weighted by Gasteiger charge is -2.09. The Balaban J connectivity index is 1.97. The third kappa shape index (κ3) is 2.93. The van der Waals surface area contributed by atoms with Crippen LogP contribution in [0.1, 0.15) is 42.9 Å². The average Bonchev–Trinajstić information content (AvgIpc) is 3.07. The van der Waals surface area contributed by atoms with Gasteiger partial charge in [-0.25, -0.2) is 4.68 Å². The number of halogens is 4. The van der Waals surface area contributed by atoms with Crippen LogP contribution in [0, 0.1) is 0 Å². The molecule has 0 amide bonds. The van der Waals surface area contributed by atoms with Crippen molar-refractivity contribution < 1.29 is 13.2 Å². The largest absolute Gasteiger partial charge is 0.416 e. The molecule has 0 aliphatic heterocycles. The van der Waals surface area contributed by atoms with Crippen molar-refractivity contribution in [3.63, 3.8) is 0 Å². The van der Waals surface area contributed by atoms with Crippen LogP contribution in [0.5, 0.6) is 0 Å². The minimum absolute atomic E-state index is 0.332. The first-order valence-electron chi connectivity index (χ1n) is 6.88. The van der Waals surface area contributed by atoms with Crippen molar-refractivity contribution in [3.05, 3.63) is 46.7 Å². The van der Waals surface area contributed by atoms with Gasteiger partial charge in [0.2, 0.25) is 0 Å². The van der Waals surface area contributed by atoms with Crippen LogP contribution >= 0.6 is 11.6 Å². The van der Waals surface area contributed by atoms with E-state index in [0.29, 0.717) is 16.8 Å². The van der Waals surface area contributed by atoms with E-state index in [9.17, 15) is 13.2 Å². The predicted molar refractivity (Wildman–Crippen MR) is 74.8 cm³/mol. The zero-order valence-electron chi connectivity index (χ0n) is 11.2. The highest BCUT2D eigenvalue weighted by Gasteiger charge is 2.31. The van der Waals surface area contributed by atoms with E-state index in [1.165, 1.54) is 23.6 Å². The highest BCUT2D eigenvalue weighted by molar-refractivity contribution is 6.29. The van der Waals surface area contributed by atoms with Gasteiger partial charge in [0, 0.05) is 5.92 Å². The molecule has 1 saturated carbocycles. The molecule has 2 aromatic rings. The van der Waals surface area contributed by atoms with Gasteiger partial charge < -0.3 is 0 Å². The molecule has 1 aromatic heterocycles. The molecule has 6 heteroatoms. The smallest absolute Gasteiger partial charge is 0.222 e. The Kier molecular flexibility index (Phi) is 3.69. The molecule has 112 valence electrons. The SMILES string of the molecule is FC(F)(F)c1cccc(-n2nc(C3CCCC3)cc2Cl)c1. The summed E-state index contributed by atoms with van der Waals surface area (Å²) in [6.07, 6.45) is 0.0905. The van der Waals surface area contributed by atoms with Gasteiger partial charge in [0.1, 0.15) is 5.15 Å². The summed E-state index contributed by atoms with van der Waals surface area (Å²) in [4.78, 5) is 0. The lowest BCUT2D eigenvalue weighted by Crippen LogP contribution is -2.07. The van der Waals surface area contributed by atoms with Gasteiger partial charge in [-0.1, -0.05) is 30.5 Å². The molecule has 1 aromatic carbocycles. The third-order valence-electron chi connectivity index (χ3n) is 3.88. The van der Waals surface area contributed by atoms with Gasteiger partial charge >= 0.3 is 6.18 Å². The Morgan fingerprint density at radius 2 is 1.86 bits per heavy atom. The van der Waals surface area contributed by atoms with E-state index in [4.69, 9.17) is 11.6 Å². The average molecular weight is 315 g/mol. The van der Waals surface area contributed by atoms with E-state index in [1.54, 1.807) is 12.1 Å². The summed E-state index contributed by atoms with van der Waals surface area (Å²) < 4.78 is 39.7. The van der Waals surface area contributed by atoms with Crippen LogP contribution < -0.4 is 0 Å². The molecular weight excluding hydrogens is 301 g/mol. The lowest BCUT2D eigenvalue weighted by molar-refractivity contribution is -0.137. The monoisotopic (exact) mass is 314 g/mol. The normalized spacial score (nSPS) is 16.6. The first-order chi connectivity index (χ1) is 9.95. The Bertz CT molecular complexity index is 643. The summed E-state index contributed by atoms with van der Waals surface area (Å²) in [6.45, 7) is 0. The summed E-state index contributed by atoms with van der Waals surface area (Å²) in [5.41, 5.74) is 0.503. The van der Waals surface area contributed by atoms with Gasteiger partial charge in [-0.2, -0.15) is 18.3 Å². The highest BCUT2D eigenvalue weighted by atomic mass is 35.5. The van der Waals surface area contributed by atoms with Crippen molar-refractivity contribution in [2.75, 3.05) is 0 Å². The van der Waals surface area contributed by atoms with Crippen molar-refractivity contribution in [1.29, 1.82) is 0 Å². The Morgan fingerprint density at radius 1 is 1.14 bits per heavy atom. The maximum Gasteiger partial charge on any atom is 0.416 e. The zero-order chi connectivity index (χ0) is 15.0. The second-order valence-corrected chi connectivity index (χ2v) is 5.72. The van der Waals surface area contributed by atoms with Gasteiger partial charge in [0.05, 0.1) is 16.9 Å². The van der Waals surface area contributed by atoms with Gasteiger partial charge in [0.25, 0.3) is 0 Å². The minimum atomic E-state index is -4.37. The van der Waals surface area contributed by atoms with Gasteiger partial charge in [-0.05, 0) is 37.1 Å². The van der Waals surface area contributed by atoms with E-state index < -0.39 is 11.7 Å². The highest BCUT2D eigenvalue weighted by Crippen LogP contribution is 2.35. The quantitative estimate of drug-likeness (QED) is 0.744. The summed E-state index contributed by atoms with van der Waals surface area (Å²) >= 11 is 6.14. The standard InChI is InChI=1S/C15H14ClF3N2/c16-14-9-13(10-4-1-2-5-10)20-21(14)12-7-3-6-11(8-12)15(17,18)19/h3,6-10H,1-2,4-5H2. The Hall–Kier alpha value is -1.49. The molecular formula is C15H14ClF3N2. The number of alkyl halides is 3. The molecule has 1 heterocycles. The van der Waals surface area contributed by atoms with Crippen LogP contribution in [0.3, 0.4) is 0 Å². The van der Waals surface area contributed by atoms with Crippen molar-refractivity contribution in [2.24, 2.45) is 0 Å². The first-order valence-corrected chi connectivity index (χ1v) is 7.26. The number of aromatic nitrogens is 2. The van der Waals surface area contributed by atoms with E-state index in [0.717, 1.165) is 30.7 Å². The van der Waals surface area contributed by atoms with Crippen LogP contribution in [0.4, 0.5) is 13.2 Å². The van der Waals surface area contributed by atoms with Crippen LogP contribution in [-0.2, 0) is 6.18 Å². The summed E-state index contributed by atoms with van der Waals surface area (Å²) in [7, 11) is 0. The lowest BCUT2D eigenvalue weighted by atomic mass is 10.1.